The van der Waals surface area contributed by atoms with Crippen LogP contribution in [-0.2, 0) is 0 Å². The second-order valence-electron chi connectivity index (χ2n) is 3.57. The van der Waals surface area contributed by atoms with E-state index in [0.29, 0.717) is 5.95 Å². The molecule has 5 nitrogen and oxygen atoms in total. The minimum atomic E-state index is -0.274. The average Bonchev–Trinajstić information content (AvgIpc) is 2.24. The van der Waals surface area contributed by atoms with E-state index in [1.165, 1.54) is 0 Å². The van der Waals surface area contributed by atoms with E-state index in [1.807, 2.05) is 32.0 Å². The first-order chi connectivity index (χ1) is 7.66. The molecule has 0 aliphatic heterocycles. The number of aryl methyl sites for hydroxylation is 2. The van der Waals surface area contributed by atoms with Gasteiger partial charge in [-0.2, -0.15) is 0 Å². The number of hydrogen-bond acceptors (Lipinski definition) is 4. The first-order valence-corrected chi connectivity index (χ1v) is 4.92. The predicted octanol–water partition coefficient (Wildman–Crippen LogP) is 1.53. The van der Waals surface area contributed by atoms with Gasteiger partial charge in [-0.3, -0.25) is 9.78 Å². The average molecular weight is 216 g/mol. The van der Waals surface area contributed by atoms with Gasteiger partial charge in [-0.1, -0.05) is 18.2 Å². The molecule has 1 heterocycles. The van der Waals surface area contributed by atoms with Crippen molar-refractivity contribution in [3.05, 3.63) is 45.9 Å². The van der Waals surface area contributed by atoms with E-state index in [4.69, 9.17) is 0 Å². The van der Waals surface area contributed by atoms with E-state index < -0.39 is 0 Å². The Bertz CT molecular complexity index is 542. The van der Waals surface area contributed by atoms with Crippen molar-refractivity contribution >= 4 is 11.6 Å². The number of rotatable bonds is 2. The van der Waals surface area contributed by atoms with Crippen molar-refractivity contribution < 1.29 is 0 Å². The molecule has 1 aromatic heterocycles. The number of anilines is 2. The molecular weight excluding hydrogens is 204 g/mol. The largest absolute Gasteiger partial charge is 0.324 e. The number of aromatic amines is 1. The summed E-state index contributed by atoms with van der Waals surface area (Å²) < 4.78 is 0. The first-order valence-electron chi connectivity index (χ1n) is 4.92. The molecule has 0 spiro atoms. The fourth-order valence-corrected chi connectivity index (χ4v) is 1.50. The summed E-state index contributed by atoms with van der Waals surface area (Å²) in [5.41, 5.74) is 2.85. The number of H-pyrrole nitrogens is 1. The Labute approximate surface area is 92.6 Å². The van der Waals surface area contributed by atoms with Gasteiger partial charge in [0.25, 0.3) is 5.56 Å². The van der Waals surface area contributed by atoms with Gasteiger partial charge >= 0.3 is 0 Å². The Balaban J connectivity index is 2.38. The highest BCUT2D eigenvalue weighted by molar-refractivity contribution is 5.62. The summed E-state index contributed by atoms with van der Waals surface area (Å²) in [6, 6.07) is 5.96. The van der Waals surface area contributed by atoms with E-state index in [2.05, 4.69) is 20.5 Å². The molecule has 0 aliphatic carbocycles. The van der Waals surface area contributed by atoms with Crippen LogP contribution in [0.4, 0.5) is 11.6 Å². The van der Waals surface area contributed by atoms with E-state index in [9.17, 15) is 4.79 Å². The topological polar surface area (TPSA) is 70.7 Å². The van der Waals surface area contributed by atoms with Crippen LogP contribution in [0.2, 0.25) is 0 Å². The molecule has 5 heteroatoms. The zero-order valence-electron chi connectivity index (χ0n) is 9.11. The number of hydrogen-bond donors (Lipinski definition) is 2. The van der Waals surface area contributed by atoms with Crippen molar-refractivity contribution in [2.75, 3.05) is 5.32 Å². The molecule has 16 heavy (non-hydrogen) atoms. The van der Waals surface area contributed by atoms with Gasteiger partial charge in [0, 0.05) is 5.69 Å². The summed E-state index contributed by atoms with van der Waals surface area (Å²) in [5.74, 6) is 0.352. The van der Waals surface area contributed by atoms with Crippen molar-refractivity contribution in [2.24, 2.45) is 0 Å². The van der Waals surface area contributed by atoms with Crippen LogP contribution in [-0.4, -0.2) is 15.2 Å². The van der Waals surface area contributed by atoms with Crippen LogP contribution in [0.3, 0.4) is 0 Å². The molecule has 0 atom stereocenters. The number of nitrogens with zero attached hydrogens (tertiary/aromatic N) is 2. The van der Waals surface area contributed by atoms with Crippen LogP contribution in [0.5, 0.6) is 0 Å². The number of benzene rings is 1. The maximum atomic E-state index is 11.1. The maximum Gasteiger partial charge on any atom is 0.271 e. The lowest BCUT2D eigenvalue weighted by Gasteiger charge is -2.10. The Morgan fingerprint density at radius 2 is 1.94 bits per heavy atom. The van der Waals surface area contributed by atoms with Gasteiger partial charge in [0.1, 0.15) is 6.20 Å². The Kier molecular flexibility index (Phi) is 2.68. The predicted molar refractivity (Wildman–Crippen MR) is 61.9 cm³/mol. The van der Waals surface area contributed by atoms with Crippen LogP contribution in [0, 0.1) is 13.8 Å². The smallest absolute Gasteiger partial charge is 0.271 e. The molecule has 0 unspecified atom stereocenters. The minimum absolute atomic E-state index is 0.274. The van der Waals surface area contributed by atoms with Gasteiger partial charge in [-0.25, -0.2) is 0 Å². The van der Waals surface area contributed by atoms with Gasteiger partial charge < -0.3 is 5.32 Å². The van der Waals surface area contributed by atoms with Gasteiger partial charge in [0.15, 0.2) is 0 Å². The standard InChI is InChI=1S/C11H12N4O/c1-7-4-3-5-8(2)10(7)14-11-13-9(16)6-12-15-11/h3-6H,1-2H3,(H2,13,14,15,16). The molecule has 0 aliphatic rings. The van der Waals surface area contributed by atoms with Gasteiger partial charge in [0.05, 0.1) is 0 Å². The summed E-state index contributed by atoms with van der Waals surface area (Å²) in [5, 5.41) is 10.4. The summed E-state index contributed by atoms with van der Waals surface area (Å²) in [6.45, 7) is 3.98. The summed E-state index contributed by atoms with van der Waals surface area (Å²) in [4.78, 5) is 13.6. The molecule has 0 bridgehead atoms. The molecule has 2 N–H and O–H groups in total. The lowest BCUT2D eigenvalue weighted by molar-refractivity contribution is 0.952. The van der Waals surface area contributed by atoms with Crippen molar-refractivity contribution in [1.29, 1.82) is 0 Å². The monoisotopic (exact) mass is 216 g/mol. The summed E-state index contributed by atoms with van der Waals surface area (Å²) in [6.07, 6.45) is 1.13. The SMILES string of the molecule is Cc1cccc(C)c1Nc1nncc(=O)[nH]1. The first kappa shape index (κ1) is 10.4. The third-order valence-corrected chi connectivity index (χ3v) is 2.30. The molecular formula is C11H12N4O. The highest BCUT2D eigenvalue weighted by Gasteiger charge is 2.03. The van der Waals surface area contributed by atoms with E-state index in [1.54, 1.807) is 0 Å². The van der Waals surface area contributed by atoms with Crippen LogP contribution in [0.1, 0.15) is 11.1 Å². The van der Waals surface area contributed by atoms with Crippen LogP contribution < -0.4 is 10.9 Å². The molecule has 0 fully saturated rings. The molecule has 0 saturated carbocycles. The highest BCUT2D eigenvalue weighted by Crippen LogP contribution is 2.21. The van der Waals surface area contributed by atoms with Gasteiger partial charge in [-0.05, 0) is 25.0 Å². The summed E-state index contributed by atoms with van der Waals surface area (Å²) >= 11 is 0. The molecule has 82 valence electrons. The minimum Gasteiger partial charge on any atom is -0.324 e. The second kappa shape index (κ2) is 4.14. The fraction of sp³-hybridized carbons (Fsp3) is 0.182. The third kappa shape index (κ3) is 2.08. The number of para-hydroxylation sites is 1. The van der Waals surface area contributed by atoms with Crippen LogP contribution in [0.15, 0.2) is 29.2 Å². The van der Waals surface area contributed by atoms with Crippen LogP contribution in [0.25, 0.3) is 0 Å². The van der Waals surface area contributed by atoms with Crippen molar-refractivity contribution in [2.45, 2.75) is 13.8 Å². The third-order valence-electron chi connectivity index (χ3n) is 2.30. The molecule has 1 aromatic carbocycles. The number of aromatic nitrogens is 3. The molecule has 0 amide bonds. The molecule has 0 radical (unpaired) electrons. The van der Waals surface area contributed by atoms with Crippen molar-refractivity contribution in [3.63, 3.8) is 0 Å². The second-order valence-corrected chi connectivity index (χ2v) is 3.57. The van der Waals surface area contributed by atoms with E-state index in [-0.39, 0.29) is 5.56 Å². The lowest BCUT2D eigenvalue weighted by atomic mass is 10.1. The van der Waals surface area contributed by atoms with Crippen molar-refractivity contribution in [3.8, 4) is 0 Å². The Hall–Kier alpha value is -2.17. The molecule has 2 rings (SSSR count). The van der Waals surface area contributed by atoms with Gasteiger partial charge in [-0.15, -0.1) is 10.2 Å². The number of nitrogens with one attached hydrogen (secondary N) is 2. The maximum absolute atomic E-state index is 11.1. The zero-order chi connectivity index (χ0) is 11.5. The molecule has 0 saturated heterocycles. The Morgan fingerprint density at radius 3 is 2.56 bits per heavy atom. The Morgan fingerprint density at radius 1 is 1.25 bits per heavy atom. The fourth-order valence-electron chi connectivity index (χ4n) is 1.50. The van der Waals surface area contributed by atoms with E-state index in [0.717, 1.165) is 23.0 Å². The van der Waals surface area contributed by atoms with Gasteiger partial charge in [0.2, 0.25) is 5.95 Å². The van der Waals surface area contributed by atoms with Crippen LogP contribution >= 0.6 is 0 Å². The lowest BCUT2D eigenvalue weighted by Crippen LogP contribution is -2.11. The van der Waals surface area contributed by atoms with Crippen molar-refractivity contribution in [1.82, 2.24) is 15.2 Å². The van der Waals surface area contributed by atoms with E-state index >= 15 is 0 Å². The zero-order valence-corrected chi connectivity index (χ0v) is 9.11. The summed E-state index contributed by atoms with van der Waals surface area (Å²) in [7, 11) is 0. The highest BCUT2D eigenvalue weighted by atomic mass is 16.1. The normalized spacial score (nSPS) is 10.1. The molecule has 2 aromatic rings. The quantitative estimate of drug-likeness (QED) is 0.798.